The standard InChI is InChI=1S/C38H39N3O2/c1-37(2,3)43-36(42)41(29-30-21-23-31(24-22-30)32-14-13-25-39-28-32)27-26-40-38(33-15-7-4-8-16-33,34-17-9-5-10-18-34)35-19-11-6-12-20-35/h4-25,28,40H,26-27,29H2,1-3H3. The smallest absolute Gasteiger partial charge is 0.410 e. The van der Waals surface area contributed by atoms with E-state index in [0.717, 1.165) is 33.4 Å². The minimum Gasteiger partial charge on any atom is -0.444 e. The van der Waals surface area contributed by atoms with Crippen molar-refractivity contribution >= 4 is 6.09 Å². The van der Waals surface area contributed by atoms with E-state index in [1.54, 1.807) is 11.1 Å². The molecule has 5 nitrogen and oxygen atoms in total. The van der Waals surface area contributed by atoms with E-state index in [2.05, 4.69) is 107 Å². The van der Waals surface area contributed by atoms with Crippen molar-refractivity contribution in [3.63, 3.8) is 0 Å². The second-order valence-corrected chi connectivity index (χ2v) is 11.6. The van der Waals surface area contributed by atoms with Crippen LogP contribution >= 0.6 is 0 Å². The number of amides is 1. The van der Waals surface area contributed by atoms with Gasteiger partial charge in [0.15, 0.2) is 0 Å². The molecule has 0 aliphatic carbocycles. The molecule has 0 aliphatic heterocycles. The lowest BCUT2D eigenvalue weighted by atomic mass is 9.77. The van der Waals surface area contributed by atoms with Gasteiger partial charge in [-0.1, -0.05) is 121 Å². The van der Waals surface area contributed by atoms with Gasteiger partial charge in [0.1, 0.15) is 5.60 Å². The molecule has 5 aromatic rings. The molecule has 0 fully saturated rings. The Hall–Kier alpha value is -4.74. The minimum absolute atomic E-state index is 0.338. The molecule has 0 radical (unpaired) electrons. The predicted octanol–water partition coefficient (Wildman–Crippen LogP) is 8.07. The number of hydrogen-bond acceptors (Lipinski definition) is 4. The molecule has 43 heavy (non-hydrogen) atoms. The number of pyridine rings is 1. The van der Waals surface area contributed by atoms with Crippen molar-refractivity contribution in [2.45, 2.75) is 38.5 Å². The first-order valence-electron chi connectivity index (χ1n) is 14.7. The van der Waals surface area contributed by atoms with Crippen LogP contribution in [0.2, 0.25) is 0 Å². The maximum absolute atomic E-state index is 13.5. The lowest BCUT2D eigenvalue weighted by molar-refractivity contribution is 0.0233. The first-order chi connectivity index (χ1) is 20.8. The monoisotopic (exact) mass is 569 g/mol. The molecule has 1 N–H and O–H groups in total. The van der Waals surface area contributed by atoms with Crippen LogP contribution in [0.1, 0.15) is 43.0 Å². The zero-order valence-electron chi connectivity index (χ0n) is 25.1. The van der Waals surface area contributed by atoms with Gasteiger partial charge in [0, 0.05) is 32.0 Å². The summed E-state index contributed by atoms with van der Waals surface area (Å²) in [4.78, 5) is 19.5. The molecule has 0 unspecified atom stereocenters. The summed E-state index contributed by atoms with van der Waals surface area (Å²) in [5, 5.41) is 3.89. The van der Waals surface area contributed by atoms with Gasteiger partial charge in [-0.2, -0.15) is 0 Å². The summed E-state index contributed by atoms with van der Waals surface area (Å²) < 4.78 is 5.85. The summed E-state index contributed by atoms with van der Waals surface area (Å²) in [5.74, 6) is 0. The molecule has 0 saturated carbocycles. The van der Waals surface area contributed by atoms with Gasteiger partial charge in [-0.15, -0.1) is 0 Å². The van der Waals surface area contributed by atoms with Crippen molar-refractivity contribution in [3.8, 4) is 11.1 Å². The topological polar surface area (TPSA) is 54.5 Å². The third-order valence-electron chi connectivity index (χ3n) is 7.37. The highest BCUT2D eigenvalue weighted by atomic mass is 16.6. The molecule has 1 amide bonds. The van der Waals surface area contributed by atoms with Crippen LogP contribution in [0.15, 0.2) is 140 Å². The van der Waals surface area contributed by atoms with Gasteiger partial charge in [0.05, 0.1) is 5.54 Å². The number of ether oxygens (including phenoxy) is 1. The zero-order valence-corrected chi connectivity index (χ0v) is 25.1. The molecule has 5 heteroatoms. The van der Waals surface area contributed by atoms with Crippen molar-refractivity contribution in [1.82, 2.24) is 15.2 Å². The molecule has 4 aromatic carbocycles. The molecule has 5 rings (SSSR count). The number of aromatic nitrogens is 1. The number of carbonyl (C=O) groups excluding carboxylic acids is 1. The number of benzene rings is 4. The van der Waals surface area contributed by atoms with Crippen LogP contribution in [0.5, 0.6) is 0 Å². The van der Waals surface area contributed by atoms with Gasteiger partial charge in [-0.3, -0.25) is 10.3 Å². The Bertz CT molecular complexity index is 1470. The number of nitrogens with one attached hydrogen (secondary N) is 1. The van der Waals surface area contributed by atoms with Gasteiger partial charge in [0.2, 0.25) is 0 Å². The molecule has 0 aliphatic rings. The molecular weight excluding hydrogens is 530 g/mol. The Morgan fingerprint density at radius 1 is 0.698 bits per heavy atom. The summed E-state index contributed by atoms with van der Waals surface area (Å²) in [6.45, 7) is 7.11. The third kappa shape index (κ3) is 7.37. The average molecular weight is 570 g/mol. The second-order valence-electron chi connectivity index (χ2n) is 11.6. The van der Waals surface area contributed by atoms with E-state index in [4.69, 9.17) is 4.74 Å². The number of rotatable bonds is 10. The average Bonchev–Trinajstić information content (AvgIpc) is 3.04. The summed E-state index contributed by atoms with van der Waals surface area (Å²) in [6.07, 6.45) is 3.29. The molecule has 0 atom stereocenters. The summed E-state index contributed by atoms with van der Waals surface area (Å²) in [7, 11) is 0. The molecule has 1 heterocycles. The summed E-state index contributed by atoms with van der Waals surface area (Å²) >= 11 is 0. The van der Waals surface area contributed by atoms with Gasteiger partial charge in [-0.25, -0.2) is 4.79 Å². The van der Waals surface area contributed by atoms with Gasteiger partial charge < -0.3 is 9.64 Å². The van der Waals surface area contributed by atoms with E-state index >= 15 is 0 Å². The number of hydrogen-bond donors (Lipinski definition) is 1. The molecule has 1 aromatic heterocycles. The fraction of sp³-hybridized carbons (Fsp3) is 0.211. The third-order valence-corrected chi connectivity index (χ3v) is 7.37. The SMILES string of the molecule is CC(C)(C)OC(=O)N(CCNC(c1ccccc1)(c1ccccc1)c1ccccc1)Cc1ccc(-c2cccnc2)cc1. The van der Waals surface area contributed by atoms with Gasteiger partial charge >= 0.3 is 6.09 Å². The molecular formula is C38H39N3O2. The van der Waals surface area contributed by atoms with E-state index in [-0.39, 0.29) is 6.09 Å². The predicted molar refractivity (Wildman–Crippen MR) is 174 cm³/mol. The highest BCUT2D eigenvalue weighted by Crippen LogP contribution is 2.36. The molecule has 0 saturated heterocycles. The fourth-order valence-electron chi connectivity index (χ4n) is 5.37. The Morgan fingerprint density at radius 2 is 1.23 bits per heavy atom. The van der Waals surface area contributed by atoms with Crippen molar-refractivity contribution in [2.24, 2.45) is 0 Å². The summed E-state index contributed by atoms with van der Waals surface area (Å²) in [6, 6.07) is 43.7. The lowest BCUT2D eigenvalue weighted by Gasteiger charge is -2.38. The van der Waals surface area contributed by atoms with E-state index < -0.39 is 11.1 Å². The van der Waals surface area contributed by atoms with Crippen molar-refractivity contribution < 1.29 is 9.53 Å². The van der Waals surface area contributed by atoms with E-state index in [0.29, 0.717) is 19.6 Å². The minimum atomic E-state index is -0.616. The lowest BCUT2D eigenvalue weighted by Crippen LogP contribution is -2.48. The quantitative estimate of drug-likeness (QED) is 0.173. The number of nitrogens with zero attached hydrogens (tertiary/aromatic N) is 2. The van der Waals surface area contributed by atoms with Gasteiger partial charge in [-0.05, 0) is 60.2 Å². The molecule has 0 spiro atoms. The Balaban J connectivity index is 1.43. The van der Waals surface area contributed by atoms with Crippen LogP contribution < -0.4 is 5.32 Å². The highest BCUT2D eigenvalue weighted by molar-refractivity contribution is 5.68. The van der Waals surface area contributed by atoms with E-state index in [9.17, 15) is 4.79 Å². The first kappa shape index (κ1) is 29.7. The normalized spacial score (nSPS) is 11.6. The molecule has 0 bridgehead atoms. The van der Waals surface area contributed by atoms with Crippen LogP contribution in [0.3, 0.4) is 0 Å². The van der Waals surface area contributed by atoms with Crippen LogP contribution in [0.25, 0.3) is 11.1 Å². The highest BCUT2D eigenvalue weighted by Gasteiger charge is 2.36. The van der Waals surface area contributed by atoms with Crippen LogP contribution in [0.4, 0.5) is 4.79 Å². The second kappa shape index (κ2) is 13.5. The van der Waals surface area contributed by atoms with Crippen molar-refractivity contribution in [3.05, 3.63) is 162 Å². The van der Waals surface area contributed by atoms with Crippen LogP contribution in [0, 0.1) is 0 Å². The van der Waals surface area contributed by atoms with Crippen molar-refractivity contribution in [2.75, 3.05) is 13.1 Å². The largest absolute Gasteiger partial charge is 0.444 e. The Morgan fingerprint density at radius 3 is 1.70 bits per heavy atom. The van der Waals surface area contributed by atoms with E-state index in [1.165, 1.54) is 0 Å². The maximum Gasteiger partial charge on any atom is 0.410 e. The fourth-order valence-corrected chi connectivity index (χ4v) is 5.37. The Kier molecular flexibility index (Phi) is 9.33. The van der Waals surface area contributed by atoms with E-state index in [1.807, 2.05) is 57.3 Å². The maximum atomic E-state index is 13.5. The zero-order chi connectivity index (χ0) is 30.1. The van der Waals surface area contributed by atoms with Crippen molar-refractivity contribution in [1.29, 1.82) is 0 Å². The first-order valence-corrected chi connectivity index (χ1v) is 14.7. The summed E-state index contributed by atoms with van der Waals surface area (Å²) in [5.41, 5.74) is 5.33. The van der Waals surface area contributed by atoms with Crippen LogP contribution in [-0.2, 0) is 16.8 Å². The Labute approximate surface area is 255 Å². The molecule has 218 valence electrons. The van der Waals surface area contributed by atoms with Crippen LogP contribution in [-0.4, -0.2) is 34.7 Å². The van der Waals surface area contributed by atoms with Gasteiger partial charge in [0.25, 0.3) is 0 Å². The number of carbonyl (C=O) groups is 1.